The van der Waals surface area contributed by atoms with Crippen LogP contribution in [0.25, 0.3) is 10.9 Å². The van der Waals surface area contributed by atoms with Crippen LogP contribution >= 0.6 is 11.8 Å². The lowest BCUT2D eigenvalue weighted by Crippen LogP contribution is -2.38. The number of aromatic nitrogens is 2. The number of carbonyl (C=O) groups is 1. The van der Waals surface area contributed by atoms with Crippen LogP contribution in [0, 0.1) is 0 Å². The maximum Gasteiger partial charge on any atom is 0.262 e. The topological polar surface area (TPSA) is 81.2 Å². The molecule has 1 fully saturated rings. The third kappa shape index (κ3) is 4.52. The molecule has 3 aromatic rings. The van der Waals surface area contributed by atoms with Crippen molar-refractivity contribution in [3.63, 3.8) is 0 Å². The minimum absolute atomic E-state index is 0.0379. The molecule has 0 spiro atoms. The van der Waals surface area contributed by atoms with Crippen LogP contribution in [0.15, 0.2) is 64.5 Å². The van der Waals surface area contributed by atoms with Gasteiger partial charge in [-0.25, -0.2) is 4.98 Å². The number of benzene rings is 2. The number of amides is 1. The average Bonchev–Trinajstić information content (AvgIpc) is 2.74. The van der Waals surface area contributed by atoms with E-state index in [0.29, 0.717) is 16.1 Å². The van der Waals surface area contributed by atoms with E-state index in [-0.39, 0.29) is 17.4 Å². The summed E-state index contributed by atoms with van der Waals surface area (Å²) in [6.07, 6.45) is 1.74. The number of carbonyl (C=O) groups excluding carboxylic acids is 1. The lowest BCUT2D eigenvalue weighted by molar-refractivity contribution is -0.115. The van der Waals surface area contributed by atoms with Crippen molar-refractivity contribution in [1.82, 2.24) is 14.5 Å². The van der Waals surface area contributed by atoms with Gasteiger partial charge < -0.3 is 5.73 Å². The largest absolute Gasteiger partial charge is 0.369 e. The third-order valence-electron chi connectivity index (χ3n) is 5.29. The lowest BCUT2D eigenvalue weighted by atomic mass is 10.0. The lowest BCUT2D eigenvalue weighted by Gasteiger charge is -2.33. The highest BCUT2D eigenvalue weighted by Crippen LogP contribution is 2.28. The van der Waals surface area contributed by atoms with Crippen molar-refractivity contribution in [2.75, 3.05) is 18.8 Å². The second-order valence-corrected chi connectivity index (χ2v) is 8.28. The number of fused-ring (bicyclic) bond motifs is 1. The van der Waals surface area contributed by atoms with Crippen LogP contribution in [-0.2, 0) is 11.3 Å². The summed E-state index contributed by atoms with van der Waals surface area (Å²) >= 11 is 1.24. The van der Waals surface area contributed by atoms with Crippen molar-refractivity contribution in [3.05, 3.63) is 70.5 Å². The first-order valence-electron chi connectivity index (χ1n) is 9.80. The number of para-hydroxylation sites is 1. The summed E-state index contributed by atoms with van der Waals surface area (Å²) < 4.78 is 1.79. The fraction of sp³-hybridized carbons (Fsp3) is 0.318. The summed E-state index contributed by atoms with van der Waals surface area (Å²) in [4.78, 5) is 31.6. The van der Waals surface area contributed by atoms with Gasteiger partial charge in [-0.1, -0.05) is 54.2 Å². The average molecular weight is 409 g/mol. The van der Waals surface area contributed by atoms with Crippen LogP contribution in [0.2, 0.25) is 0 Å². The van der Waals surface area contributed by atoms with Crippen LogP contribution in [0.1, 0.15) is 24.4 Å². The molecule has 4 rings (SSSR count). The molecular formula is C22H24N4O2S. The van der Waals surface area contributed by atoms with Crippen LogP contribution < -0.4 is 11.3 Å². The van der Waals surface area contributed by atoms with Crippen molar-refractivity contribution < 1.29 is 4.79 Å². The zero-order chi connectivity index (χ0) is 20.2. The number of piperidine rings is 1. The van der Waals surface area contributed by atoms with E-state index in [1.54, 1.807) is 4.57 Å². The van der Waals surface area contributed by atoms with E-state index >= 15 is 0 Å². The van der Waals surface area contributed by atoms with Crippen LogP contribution in [-0.4, -0.2) is 39.2 Å². The Kier molecular flexibility index (Phi) is 5.97. The zero-order valence-electron chi connectivity index (χ0n) is 16.2. The first-order valence-corrected chi connectivity index (χ1v) is 10.8. The summed E-state index contributed by atoms with van der Waals surface area (Å²) in [7, 11) is 0. The number of hydrogen-bond acceptors (Lipinski definition) is 5. The van der Waals surface area contributed by atoms with Crippen molar-refractivity contribution in [1.29, 1.82) is 0 Å². The van der Waals surface area contributed by atoms with E-state index in [1.807, 2.05) is 30.3 Å². The second kappa shape index (κ2) is 8.80. The molecule has 29 heavy (non-hydrogen) atoms. The molecule has 0 atom stereocenters. The number of primary amides is 1. The molecule has 150 valence electrons. The highest BCUT2D eigenvalue weighted by molar-refractivity contribution is 7.99. The second-order valence-electron chi connectivity index (χ2n) is 7.33. The Hall–Kier alpha value is -2.64. The first-order chi connectivity index (χ1) is 14.1. The molecule has 0 bridgehead atoms. The molecular weight excluding hydrogens is 384 g/mol. The summed E-state index contributed by atoms with van der Waals surface area (Å²) in [5.41, 5.74) is 7.25. The van der Waals surface area contributed by atoms with Crippen LogP contribution in [0.5, 0.6) is 0 Å². The van der Waals surface area contributed by atoms with Gasteiger partial charge in [-0.05, 0) is 30.5 Å². The molecule has 7 heteroatoms. The SMILES string of the molecule is NC(=O)CSc1nc2ccccc2c(=O)n1C1CCN(Cc2ccccc2)CC1. The van der Waals surface area contributed by atoms with Gasteiger partial charge in [-0.3, -0.25) is 19.1 Å². The molecule has 2 N–H and O–H groups in total. The first kappa shape index (κ1) is 19.7. The summed E-state index contributed by atoms with van der Waals surface area (Å²) in [6, 6.07) is 17.9. The van der Waals surface area contributed by atoms with Gasteiger partial charge in [0.1, 0.15) is 0 Å². The summed E-state index contributed by atoms with van der Waals surface area (Å²) in [6.45, 7) is 2.75. The van der Waals surface area contributed by atoms with E-state index in [4.69, 9.17) is 5.73 Å². The quantitative estimate of drug-likeness (QED) is 0.501. The van der Waals surface area contributed by atoms with E-state index in [9.17, 15) is 9.59 Å². The predicted molar refractivity (Wildman–Crippen MR) is 116 cm³/mol. The molecule has 2 aromatic carbocycles. The molecule has 1 aromatic heterocycles. The molecule has 1 amide bonds. The molecule has 6 nitrogen and oxygen atoms in total. The van der Waals surface area contributed by atoms with Crippen molar-refractivity contribution in [3.8, 4) is 0 Å². The van der Waals surface area contributed by atoms with Gasteiger partial charge >= 0.3 is 0 Å². The molecule has 0 saturated carbocycles. The van der Waals surface area contributed by atoms with Crippen LogP contribution in [0.4, 0.5) is 0 Å². The maximum atomic E-state index is 13.2. The third-order valence-corrected chi connectivity index (χ3v) is 6.27. The van der Waals surface area contributed by atoms with E-state index in [0.717, 1.165) is 32.5 Å². The molecule has 1 aliphatic heterocycles. The fourth-order valence-electron chi connectivity index (χ4n) is 3.86. The van der Waals surface area contributed by atoms with Crippen molar-refractivity contribution >= 4 is 28.6 Å². The Morgan fingerprint density at radius 3 is 2.48 bits per heavy atom. The number of thioether (sulfide) groups is 1. The normalized spacial score (nSPS) is 15.6. The van der Waals surface area contributed by atoms with E-state index in [1.165, 1.54) is 17.3 Å². The van der Waals surface area contributed by atoms with E-state index < -0.39 is 5.91 Å². The van der Waals surface area contributed by atoms with E-state index in [2.05, 4.69) is 34.1 Å². The molecule has 1 aliphatic rings. The van der Waals surface area contributed by atoms with Gasteiger partial charge in [0.25, 0.3) is 5.56 Å². The Morgan fingerprint density at radius 1 is 1.07 bits per heavy atom. The minimum atomic E-state index is -0.415. The molecule has 2 heterocycles. The molecule has 0 unspecified atom stereocenters. The highest BCUT2D eigenvalue weighted by atomic mass is 32.2. The Bertz CT molecular complexity index is 1060. The Labute approximate surface area is 173 Å². The van der Waals surface area contributed by atoms with Gasteiger partial charge in [0.05, 0.1) is 16.7 Å². The monoisotopic (exact) mass is 408 g/mol. The minimum Gasteiger partial charge on any atom is -0.369 e. The van der Waals surface area contributed by atoms with Gasteiger partial charge in [0, 0.05) is 25.7 Å². The Morgan fingerprint density at radius 2 is 1.76 bits per heavy atom. The van der Waals surface area contributed by atoms with Gasteiger partial charge in [-0.15, -0.1) is 0 Å². The number of rotatable bonds is 6. The van der Waals surface area contributed by atoms with Gasteiger partial charge in [-0.2, -0.15) is 0 Å². The van der Waals surface area contributed by atoms with Gasteiger partial charge in [0.15, 0.2) is 5.16 Å². The number of likely N-dealkylation sites (tertiary alicyclic amines) is 1. The Balaban J connectivity index is 1.58. The smallest absolute Gasteiger partial charge is 0.262 e. The standard InChI is InChI=1S/C22H24N4O2S/c23-20(27)15-29-22-24-19-9-5-4-8-18(19)21(28)26(22)17-10-12-25(13-11-17)14-16-6-2-1-3-7-16/h1-9,17H,10-15H2,(H2,23,27). The number of hydrogen-bond donors (Lipinski definition) is 1. The highest BCUT2D eigenvalue weighted by Gasteiger charge is 2.25. The van der Waals surface area contributed by atoms with Crippen LogP contribution in [0.3, 0.4) is 0 Å². The number of nitrogens with zero attached hydrogens (tertiary/aromatic N) is 3. The summed E-state index contributed by atoms with van der Waals surface area (Å²) in [5, 5.41) is 1.19. The molecule has 1 saturated heterocycles. The molecule has 0 aliphatic carbocycles. The zero-order valence-corrected chi connectivity index (χ0v) is 17.0. The predicted octanol–water partition coefficient (Wildman–Crippen LogP) is 2.81. The molecule has 0 radical (unpaired) electrons. The number of nitrogens with two attached hydrogens (primary N) is 1. The van der Waals surface area contributed by atoms with Gasteiger partial charge in [0.2, 0.25) is 5.91 Å². The maximum absolute atomic E-state index is 13.2. The fourth-order valence-corrected chi connectivity index (χ4v) is 4.67. The van der Waals surface area contributed by atoms with Crippen molar-refractivity contribution in [2.45, 2.75) is 30.6 Å². The summed E-state index contributed by atoms with van der Waals surface area (Å²) in [5.74, 6) is -0.306. The van der Waals surface area contributed by atoms with Crippen molar-refractivity contribution in [2.24, 2.45) is 5.73 Å².